The van der Waals surface area contributed by atoms with Gasteiger partial charge in [-0.15, -0.1) is 0 Å². The number of nitrogens with zero attached hydrogens (tertiary/aromatic N) is 2. The van der Waals surface area contributed by atoms with Gasteiger partial charge in [-0.2, -0.15) is 5.10 Å². The first-order chi connectivity index (χ1) is 7.76. The van der Waals surface area contributed by atoms with Crippen LogP contribution in [0.1, 0.15) is 44.3 Å². The summed E-state index contributed by atoms with van der Waals surface area (Å²) in [7, 11) is 0. The Kier molecular flexibility index (Phi) is 3.84. The number of rotatable bonds is 6. The van der Waals surface area contributed by atoms with Crippen LogP contribution >= 0.6 is 11.6 Å². The molecule has 2 rings (SSSR count). The van der Waals surface area contributed by atoms with E-state index < -0.39 is 0 Å². The third-order valence-corrected chi connectivity index (χ3v) is 3.36. The van der Waals surface area contributed by atoms with Crippen molar-refractivity contribution >= 4 is 11.6 Å². The summed E-state index contributed by atoms with van der Waals surface area (Å²) >= 11 is 6.18. The van der Waals surface area contributed by atoms with Crippen LogP contribution in [-0.4, -0.2) is 9.78 Å². The van der Waals surface area contributed by atoms with Crippen molar-refractivity contribution < 1.29 is 0 Å². The van der Waals surface area contributed by atoms with Gasteiger partial charge in [0.1, 0.15) is 0 Å². The van der Waals surface area contributed by atoms with Crippen molar-refractivity contribution in [1.29, 1.82) is 0 Å². The number of hydrogen-bond donors (Lipinski definition) is 2. The molecule has 1 saturated carbocycles. The maximum absolute atomic E-state index is 6.18. The van der Waals surface area contributed by atoms with Gasteiger partial charge in [0.25, 0.3) is 0 Å². The van der Waals surface area contributed by atoms with Gasteiger partial charge in [-0.25, -0.2) is 0 Å². The Morgan fingerprint density at radius 3 is 3.00 bits per heavy atom. The first kappa shape index (κ1) is 11.9. The van der Waals surface area contributed by atoms with E-state index in [-0.39, 0.29) is 6.04 Å². The molecule has 0 spiro atoms. The first-order valence-corrected chi connectivity index (χ1v) is 6.31. The Balaban J connectivity index is 2.16. The molecule has 1 heterocycles. The Morgan fingerprint density at radius 1 is 1.69 bits per heavy atom. The summed E-state index contributed by atoms with van der Waals surface area (Å²) in [5.41, 5.74) is 3.91. The highest BCUT2D eigenvalue weighted by atomic mass is 35.5. The summed E-state index contributed by atoms with van der Waals surface area (Å²) in [5, 5.41) is 5.01. The summed E-state index contributed by atoms with van der Waals surface area (Å²) in [6.07, 6.45) is 6.45. The van der Waals surface area contributed by atoms with E-state index in [2.05, 4.69) is 17.4 Å². The lowest BCUT2D eigenvalue weighted by Crippen LogP contribution is -2.30. The molecule has 1 fully saturated rings. The molecule has 16 heavy (non-hydrogen) atoms. The molecule has 1 aliphatic carbocycles. The molecule has 5 heteroatoms. The van der Waals surface area contributed by atoms with Crippen LogP contribution < -0.4 is 11.3 Å². The molecule has 1 aromatic heterocycles. The van der Waals surface area contributed by atoms with Crippen molar-refractivity contribution in [2.24, 2.45) is 11.8 Å². The largest absolute Gasteiger partial charge is 0.271 e. The maximum atomic E-state index is 6.18. The van der Waals surface area contributed by atoms with E-state index in [4.69, 9.17) is 17.4 Å². The topological polar surface area (TPSA) is 55.9 Å². The summed E-state index contributed by atoms with van der Waals surface area (Å²) in [6, 6.07) is 0.133. The van der Waals surface area contributed by atoms with Gasteiger partial charge in [-0.05, 0) is 18.8 Å². The minimum absolute atomic E-state index is 0.133. The monoisotopic (exact) mass is 242 g/mol. The number of aryl methyl sites for hydroxylation is 1. The lowest BCUT2D eigenvalue weighted by molar-refractivity contribution is 0.439. The van der Waals surface area contributed by atoms with E-state index in [1.165, 1.54) is 12.8 Å². The van der Waals surface area contributed by atoms with Crippen molar-refractivity contribution in [3.05, 3.63) is 16.9 Å². The molecular weight excluding hydrogens is 224 g/mol. The molecule has 0 radical (unpaired) electrons. The number of nitrogens with two attached hydrogens (primary N) is 1. The second kappa shape index (κ2) is 5.17. The molecule has 0 bridgehead atoms. The van der Waals surface area contributed by atoms with E-state index in [1.807, 2.05) is 4.68 Å². The van der Waals surface area contributed by atoms with Crippen molar-refractivity contribution in [3.8, 4) is 0 Å². The molecule has 1 aromatic rings. The van der Waals surface area contributed by atoms with Crippen molar-refractivity contribution in [3.63, 3.8) is 0 Å². The van der Waals surface area contributed by atoms with E-state index in [1.54, 1.807) is 6.20 Å². The molecule has 0 saturated heterocycles. The molecule has 1 unspecified atom stereocenters. The van der Waals surface area contributed by atoms with Crippen LogP contribution in [-0.2, 0) is 6.54 Å². The normalized spacial score (nSPS) is 17.7. The predicted octanol–water partition coefficient (Wildman–Crippen LogP) is 2.25. The number of hydrogen-bond acceptors (Lipinski definition) is 3. The maximum Gasteiger partial charge on any atom is 0.0834 e. The fourth-order valence-electron chi connectivity index (χ4n) is 2.05. The van der Waals surface area contributed by atoms with Crippen LogP contribution in [0.4, 0.5) is 0 Å². The Labute approximate surface area is 101 Å². The summed E-state index contributed by atoms with van der Waals surface area (Å²) < 4.78 is 1.97. The molecule has 0 aliphatic heterocycles. The van der Waals surface area contributed by atoms with Crippen molar-refractivity contribution in [1.82, 2.24) is 15.2 Å². The molecular formula is C11H19ClN4. The molecule has 3 N–H and O–H groups in total. The van der Waals surface area contributed by atoms with Gasteiger partial charge in [0.2, 0.25) is 0 Å². The highest BCUT2D eigenvalue weighted by Gasteiger charge is 2.28. The van der Waals surface area contributed by atoms with Crippen LogP contribution in [0.3, 0.4) is 0 Å². The minimum atomic E-state index is 0.133. The average molecular weight is 243 g/mol. The standard InChI is InChI=1S/C11H19ClN4/c1-2-5-16-11(9(12)7-14-16)10(15-13)6-8-3-4-8/h7-8,10,15H,2-6,13H2,1H3. The van der Waals surface area contributed by atoms with E-state index in [9.17, 15) is 0 Å². The second-order valence-corrected chi connectivity index (χ2v) is 4.91. The van der Waals surface area contributed by atoms with Gasteiger partial charge >= 0.3 is 0 Å². The number of halogens is 1. The number of hydrazine groups is 1. The average Bonchev–Trinajstić information content (AvgIpc) is 3.02. The highest BCUT2D eigenvalue weighted by Crippen LogP contribution is 2.38. The highest BCUT2D eigenvalue weighted by molar-refractivity contribution is 6.31. The predicted molar refractivity (Wildman–Crippen MR) is 64.9 cm³/mol. The van der Waals surface area contributed by atoms with Crippen LogP contribution in [0, 0.1) is 5.92 Å². The van der Waals surface area contributed by atoms with Crippen LogP contribution in [0.25, 0.3) is 0 Å². The Hall–Kier alpha value is -0.580. The smallest absolute Gasteiger partial charge is 0.0834 e. The third-order valence-electron chi connectivity index (χ3n) is 3.07. The molecule has 4 nitrogen and oxygen atoms in total. The molecule has 0 aromatic carbocycles. The molecule has 90 valence electrons. The lowest BCUT2D eigenvalue weighted by atomic mass is 10.1. The van der Waals surface area contributed by atoms with Gasteiger partial charge in [-0.1, -0.05) is 31.4 Å². The van der Waals surface area contributed by atoms with Gasteiger partial charge in [-0.3, -0.25) is 16.0 Å². The van der Waals surface area contributed by atoms with Crippen LogP contribution in [0.5, 0.6) is 0 Å². The minimum Gasteiger partial charge on any atom is -0.271 e. The number of nitrogens with one attached hydrogen (secondary N) is 1. The van der Waals surface area contributed by atoms with Gasteiger partial charge < -0.3 is 0 Å². The van der Waals surface area contributed by atoms with Crippen LogP contribution in [0.2, 0.25) is 5.02 Å². The molecule has 1 atom stereocenters. The van der Waals surface area contributed by atoms with Crippen LogP contribution in [0.15, 0.2) is 6.20 Å². The SMILES string of the molecule is CCCn1ncc(Cl)c1C(CC1CC1)NN. The Bertz CT molecular complexity index is 346. The summed E-state index contributed by atoms with van der Waals surface area (Å²) in [5.74, 6) is 6.43. The molecule has 0 amide bonds. The summed E-state index contributed by atoms with van der Waals surface area (Å²) in [6.45, 7) is 3.02. The van der Waals surface area contributed by atoms with Gasteiger partial charge in [0.05, 0.1) is 23.0 Å². The zero-order valence-corrected chi connectivity index (χ0v) is 10.4. The molecule has 1 aliphatic rings. The van der Waals surface area contributed by atoms with Crippen molar-refractivity contribution in [2.75, 3.05) is 0 Å². The van der Waals surface area contributed by atoms with Gasteiger partial charge in [0, 0.05) is 6.54 Å². The van der Waals surface area contributed by atoms with E-state index >= 15 is 0 Å². The quantitative estimate of drug-likeness (QED) is 0.594. The number of aromatic nitrogens is 2. The third kappa shape index (κ3) is 2.56. The second-order valence-electron chi connectivity index (χ2n) is 4.50. The fraction of sp³-hybridized carbons (Fsp3) is 0.727. The first-order valence-electron chi connectivity index (χ1n) is 5.93. The van der Waals surface area contributed by atoms with Crippen molar-refractivity contribution in [2.45, 2.75) is 45.2 Å². The zero-order valence-electron chi connectivity index (χ0n) is 9.62. The lowest BCUT2D eigenvalue weighted by Gasteiger charge is -2.17. The Morgan fingerprint density at radius 2 is 2.44 bits per heavy atom. The zero-order chi connectivity index (χ0) is 11.5. The van der Waals surface area contributed by atoms with E-state index in [0.717, 1.165) is 36.0 Å². The van der Waals surface area contributed by atoms with E-state index in [0.29, 0.717) is 0 Å². The van der Waals surface area contributed by atoms with Gasteiger partial charge in [0.15, 0.2) is 0 Å². The summed E-state index contributed by atoms with van der Waals surface area (Å²) in [4.78, 5) is 0. The fourth-order valence-corrected chi connectivity index (χ4v) is 2.33.